The van der Waals surface area contributed by atoms with Crippen molar-refractivity contribution in [3.8, 4) is 11.3 Å². The third-order valence-electron chi connectivity index (χ3n) is 6.12. The number of anilines is 2. The zero-order valence-electron chi connectivity index (χ0n) is 26.5. The Labute approximate surface area is 255 Å². The van der Waals surface area contributed by atoms with Gasteiger partial charge in [-0.05, 0) is 64.1 Å². The molecule has 2 amide bonds. The first-order valence-corrected chi connectivity index (χ1v) is 18.0. The summed E-state index contributed by atoms with van der Waals surface area (Å²) in [5.41, 5.74) is 6.87. The van der Waals surface area contributed by atoms with Crippen LogP contribution in [0.25, 0.3) is 11.3 Å². The predicted molar refractivity (Wildman–Crippen MR) is 172 cm³/mol. The molecule has 0 unspecified atom stereocenters. The lowest BCUT2D eigenvalue weighted by Crippen LogP contribution is -2.29. The third-order valence-corrected chi connectivity index (χ3v) is 7.83. The molecule has 1 aromatic heterocycles. The van der Waals surface area contributed by atoms with Crippen LogP contribution >= 0.6 is 0 Å². The summed E-state index contributed by atoms with van der Waals surface area (Å²) in [7, 11) is -0.0594. The van der Waals surface area contributed by atoms with E-state index in [1.54, 1.807) is 41.1 Å². The molecule has 0 fully saturated rings. The van der Waals surface area contributed by atoms with Crippen molar-refractivity contribution in [2.24, 2.45) is 5.73 Å². The largest absolute Gasteiger partial charge is 0.459 e. The number of carbonyl (C=O) groups excluding carboxylic acids is 3. The molecule has 1 heterocycles. The summed E-state index contributed by atoms with van der Waals surface area (Å²) in [4.78, 5) is 42.9. The Bertz CT molecular complexity index is 1290. The van der Waals surface area contributed by atoms with Crippen LogP contribution in [0.1, 0.15) is 51.8 Å². The van der Waals surface area contributed by atoms with Gasteiger partial charge in [0, 0.05) is 38.5 Å². The van der Waals surface area contributed by atoms with E-state index >= 15 is 0 Å². The molecule has 0 aliphatic heterocycles. The van der Waals surface area contributed by atoms with Gasteiger partial charge in [-0.3, -0.25) is 14.9 Å². The molecule has 0 spiro atoms. The minimum atomic E-state index is -1.33. The van der Waals surface area contributed by atoms with E-state index < -0.39 is 31.7 Å². The molecule has 11 nitrogen and oxygen atoms in total. The Morgan fingerprint density at radius 3 is 2.51 bits per heavy atom. The first-order valence-electron chi connectivity index (χ1n) is 14.3. The number of amides is 2. The fraction of sp³-hybridized carbons (Fsp3) is 0.484. The summed E-state index contributed by atoms with van der Waals surface area (Å²) in [6, 6.07) is 6.02. The fourth-order valence-electron chi connectivity index (χ4n) is 3.94. The Kier molecular flexibility index (Phi) is 13.2. The lowest BCUT2D eigenvalue weighted by molar-refractivity contribution is -0.157. The lowest BCUT2D eigenvalue weighted by Gasteiger charge is -2.24. The highest BCUT2D eigenvalue weighted by molar-refractivity contribution is 6.76. The molecular weight excluding hydrogens is 566 g/mol. The summed E-state index contributed by atoms with van der Waals surface area (Å²) in [5.74, 6) is -0.998. The van der Waals surface area contributed by atoms with Crippen LogP contribution in [0.4, 0.5) is 16.2 Å². The maximum absolute atomic E-state index is 13.4. The molecule has 0 aliphatic rings. The summed E-state index contributed by atoms with van der Waals surface area (Å²) in [6.45, 7) is 16.7. The van der Waals surface area contributed by atoms with Gasteiger partial charge < -0.3 is 29.8 Å². The molecule has 2 aromatic rings. The van der Waals surface area contributed by atoms with Crippen LogP contribution in [0.2, 0.25) is 25.7 Å². The number of nitrogens with one attached hydrogen (secondary N) is 2. The van der Waals surface area contributed by atoms with E-state index in [1.807, 2.05) is 20.8 Å². The van der Waals surface area contributed by atoms with Gasteiger partial charge in [0.2, 0.25) is 5.91 Å². The van der Waals surface area contributed by atoms with Gasteiger partial charge in [0.25, 0.3) is 0 Å². The van der Waals surface area contributed by atoms with Gasteiger partial charge in [-0.25, -0.2) is 9.78 Å². The highest BCUT2D eigenvalue weighted by atomic mass is 28.3. The van der Waals surface area contributed by atoms with Gasteiger partial charge in [0.05, 0.1) is 18.5 Å². The van der Waals surface area contributed by atoms with E-state index in [0.717, 1.165) is 6.04 Å². The van der Waals surface area contributed by atoms with Crippen molar-refractivity contribution in [2.75, 3.05) is 24.4 Å². The van der Waals surface area contributed by atoms with Gasteiger partial charge in [-0.2, -0.15) is 0 Å². The second-order valence-corrected chi connectivity index (χ2v) is 17.9. The minimum Gasteiger partial charge on any atom is -0.459 e. The number of ether oxygens (including phenoxy) is 3. The minimum absolute atomic E-state index is 0.168. The number of nitrogens with two attached hydrogens (primary N) is 1. The second kappa shape index (κ2) is 16.1. The van der Waals surface area contributed by atoms with Crippen LogP contribution in [-0.4, -0.2) is 54.9 Å². The number of imidazole rings is 1. The summed E-state index contributed by atoms with van der Waals surface area (Å²) in [5, 5.41) is 5.53. The van der Waals surface area contributed by atoms with Gasteiger partial charge in [0.15, 0.2) is 0 Å². The standard InChI is InChI=1S/C31H47N5O6Si/c1-9-10-13-27(37)34-25-19-22(33-30(39)40-5)14-15-23(25)26-20-36(21-41-17-18-43(6,7)8)28(35-26)24(12-11-16-32)29(38)42-31(2,3)4/h9,11,14-16,19-20,24H,1,10,12-13,17-18,21,32H2,2-8H3,(H,33,39)(H,34,37)/t24-/m0/s1. The molecular formula is C31H47N5O6Si. The Morgan fingerprint density at radius 2 is 1.91 bits per heavy atom. The Morgan fingerprint density at radius 1 is 1.19 bits per heavy atom. The van der Waals surface area contributed by atoms with Crippen LogP contribution in [0.3, 0.4) is 0 Å². The van der Waals surface area contributed by atoms with Crippen LogP contribution in [-0.2, 0) is 30.5 Å². The van der Waals surface area contributed by atoms with Crippen molar-refractivity contribution in [3.05, 3.63) is 55.2 Å². The van der Waals surface area contributed by atoms with Crippen molar-refractivity contribution < 1.29 is 28.6 Å². The van der Waals surface area contributed by atoms with Crippen LogP contribution in [0.5, 0.6) is 0 Å². The molecule has 2 rings (SSSR count). The molecule has 12 heteroatoms. The molecule has 0 saturated heterocycles. The molecule has 0 aliphatic carbocycles. The van der Waals surface area contributed by atoms with Crippen molar-refractivity contribution in [1.29, 1.82) is 0 Å². The van der Waals surface area contributed by atoms with Crippen LogP contribution in [0, 0.1) is 0 Å². The first kappa shape index (κ1) is 35.3. The molecule has 0 bridgehead atoms. The molecule has 0 saturated carbocycles. The summed E-state index contributed by atoms with van der Waals surface area (Å²) >= 11 is 0. The third kappa shape index (κ3) is 12.1. The van der Waals surface area contributed by atoms with Gasteiger partial charge >= 0.3 is 12.1 Å². The van der Waals surface area contributed by atoms with Crippen LogP contribution < -0.4 is 16.4 Å². The van der Waals surface area contributed by atoms with E-state index in [-0.39, 0.29) is 25.5 Å². The summed E-state index contributed by atoms with van der Waals surface area (Å²) in [6.07, 6.45) is 6.89. The van der Waals surface area contributed by atoms with E-state index in [2.05, 4.69) is 36.9 Å². The van der Waals surface area contributed by atoms with E-state index in [0.29, 0.717) is 41.5 Å². The number of methoxy groups -OCH3 is 1. The highest BCUT2D eigenvalue weighted by Crippen LogP contribution is 2.33. The number of hydrogen-bond acceptors (Lipinski definition) is 8. The zero-order valence-corrected chi connectivity index (χ0v) is 27.5. The number of rotatable bonds is 15. The van der Waals surface area contributed by atoms with Crippen LogP contribution in [0.15, 0.2) is 49.3 Å². The topological polar surface area (TPSA) is 147 Å². The summed E-state index contributed by atoms with van der Waals surface area (Å²) < 4.78 is 18.3. The second-order valence-electron chi connectivity index (χ2n) is 12.3. The Balaban J connectivity index is 2.63. The van der Waals surface area contributed by atoms with Crippen molar-refractivity contribution in [3.63, 3.8) is 0 Å². The SMILES string of the molecule is C=CCCC(=O)Nc1cc(NC(=O)OC)ccc1-c1cn(COCC[Si](C)(C)C)c([C@H](CC=CN)C(=O)OC(C)(C)C)n1. The number of aromatic nitrogens is 2. The number of carbonyl (C=O) groups is 3. The van der Waals surface area contributed by atoms with Gasteiger partial charge in [0.1, 0.15) is 24.1 Å². The lowest BCUT2D eigenvalue weighted by atomic mass is 10.0. The average Bonchev–Trinajstić information content (AvgIpc) is 3.32. The smallest absolute Gasteiger partial charge is 0.411 e. The van der Waals surface area contributed by atoms with Crippen molar-refractivity contribution in [1.82, 2.24) is 9.55 Å². The van der Waals surface area contributed by atoms with E-state index in [9.17, 15) is 14.4 Å². The van der Waals surface area contributed by atoms with E-state index in [1.165, 1.54) is 13.3 Å². The first-order chi connectivity index (χ1) is 20.2. The Hall–Kier alpha value is -3.90. The maximum Gasteiger partial charge on any atom is 0.411 e. The van der Waals surface area contributed by atoms with Crippen molar-refractivity contribution >= 4 is 37.4 Å². The quantitative estimate of drug-likeness (QED) is 0.0927. The fourth-order valence-corrected chi connectivity index (χ4v) is 4.70. The number of benzene rings is 1. The molecule has 4 N–H and O–H groups in total. The molecule has 43 heavy (non-hydrogen) atoms. The molecule has 1 atom stereocenters. The average molecular weight is 614 g/mol. The number of esters is 1. The monoisotopic (exact) mass is 613 g/mol. The normalized spacial score (nSPS) is 12.5. The highest BCUT2D eigenvalue weighted by Gasteiger charge is 2.31. The van der Waals surface area contributed by atoms with E-state index in [4.69, 9.17) is 24.9 Å². The van der Waals surface area contributed by atoms with Gasteiger partial charge in [-0.1, -0.05) is 31.8 Å². The predicted octanol–water partition coefficient (Wildman–Crippen LogP) is 6.23. The van der Waals surface area contributed by atoms with Crippen molar-refractivity contribution in [2.45, 2.75) is 84.0 Å². The van der Waals surface area contributed by atoms with Gasteiger partial charge in [-0.15, -0.1) is 6.58 Å². The zero-order chi connectivity index (χ0) is 32.2. The molecule has 1 aromatic carbocycles. The molecule has 0 radical (unpaired) electrons. The maximum atomic E-state index is 13.4. The number of hydrogen-bond donors (Lipinski definition) is 3. The molecule has 236 valence electrons. The number of allylic oxidation sites excluding steroid dienone is 2. The number of nitrogens with zero attached hydrogens (tertiary/aromatic N) is 2.